The van der Waals surface area contributed by atoms with Crippen LogP contribution in [0.3, 0.4) is 0 Å². The highest BCUT2D eigenvalue weighted by Gasteiger charge is 2.46. The molecule has 2 aromatic rings. The average Bonchev–Trinajstić information content (AvgIpc) is 2.94. The second kappa shape index (κ2) is 8.17. The minimum absolute atomic E-state index is 0.345. The van der Waals surface area contributed by atoms with Gasteiger partial charge >= 0.3 is 5.97 Å². The number of hydrogen-bond donors (Lipinski definition) is 1. The normalized spacial score (nSPS) is 18.7. The highest BCUT2D eigenvalue weighted by molar-refractivity contribution is 6.19. The first-order valence-electron chi connectivity index (χ1n) is 8.94. The van der Waals surface area contributed by atoms with Gasteiger partial charge in [0.25, 0.3) is 0 Å². The Bertz CT molecular complexity index is 902. The number of aryl methyl sites for hydroxylation is 1. The van der Waals surface area contributed by atoms with Gasteiger partial charge in [-0.1, -0.05) is 42.5 Å². The smallest absolute Gasteiger partial charge is 0.346 e. The van der Waals surface area contributed by atoms with Crippen molar-refractivity contribution in [1.29, 1.82) is 0 Å². The van der Waals surface area contributed by atoms with E-state index in [4.69, 9.17) is 14.2 Å². The number of rotatable bonds is 8. The van der Waals surface area contributed by atoms with Crippen LogP contribution in [-0.4, -0.2) is 36.2 Å². The quantitative estimate of drug-likeness (QED) is 0.557. The second-order valence-electron chi connectivity index (χ2n) is 6.69. The van der Waals surface area contributed by atoms with Crippen molar-refractivity contribution < 1.29 is 28.9 Å². The third-order valence-electron chi connectivity index (χ3n) is 4.70. The molecule has 1 unspecified atom stereocenters. The van der Waals surface area contributed by atoms with Crippen LogP contribution in [0.25, 0.3) is 0 Å². The summed E-state index contributed by atoms with van der Waals surface area (Å²) in [5.74, 6) is -0.979. The fourth-order valence-electron chi connectivity index (χ4n) is 3.06. The van der Waals surface area contributed by atoms with E-state index in [2.05, 4.69) is 0 Å². The molecule has 2 aromatic carbocycles. The van der Waals surface area contributed by atoms with Crippen molar-refractivity contribution in [2.24, 2.45) is 0 Å². The lowest BCUT2D eigenvalue weighted by molar-refractivity contribution is -0.148. The largest absolute Gasteiger partial charge is 0.507 e. The molecule has 28 heavy (non-hydrogen) atoms. The lowest BCUT2D eigenvalue weighted by Crippen LogP contribution is -2.28. The van der Waals surface area contributed by atoms with E-state index in [0.29, 0.717) is 24.3 Å². The first-order valence-corrected chi connectivity index (χ1v) is 8.94. The molecule has 0 radical (unpaired) electrons. The number of carbonyl (C=O) groups excluding carboxylic acids is 2. The van der Waals surface area contributed by atoms with Gasteiger partial charge in [-0.3, -0.25) is 4.79 Å². The zero-order chi connectivity index (χ0) is 20.1. The van der Waals surface area contributed by atoms with Gasteiger partial charge in [-0.15, -0.1) is 0 Å². The summed E-state index contributed by atoms with van der Waals surface area (Å²) in [4.78, 5) is 24.8. The van der Waals surface area contributed by atoms with Gasteiger partial charge in [0.05, 0.1) is 7.11 Å². The predicted molar refractivity (Wildman–Crippen MR) is 102 cm³/mol. The molecule has 0 saturated heterocycles. The molecule has 0 spiro atoms. The number of ketones is 1. The van der Waals surface area contributed by atoms with Crippen LogP contribution in [0.4, 0.5) is 0 Å². The standard InChI is InChI=1S/C22H22O6/c1-22(13-12-15-8-4-3-5-9-15)20(24)19(21(25)28-22)16(23)14-27-18-11-7-6-10-17(18)26-2/h3-11,24H,12-14H2,1-2H3. The highest BCUT2D eigenvalue weighted by atomic mass is 16.6. The summed E-state index contributed by atoms with van der Waals surface area (Å²) in [6.45, 7) is 1.19. The molecular weight excluding hydrogens is 360 g/mol. The second-order valence-corrected chi connectivity index (χ2v) is 6.69. The molecule has 0 aliphatic carbocycles. The Morgan fingerprint density at radius 1 is 1.07 bits per heavy atom. The van der Waals surface area contributed by atoms with Crippen molar-refractivity contribution in [1.82, 2.24) is 0 Å². The maximum atomic E-state index is 12.5. The van der Waals surface area contributed by atoms with E-state index in [1.54, 1.807) is 31.2 Å². The number of carbonyl (C=O) groups is 2. The average molecular weight is 382 g/mol. The van der Waals surface area contributed by atoms with Gasteiger partial charge in [0.1, 0.15) is 5.57 Å². The minimum Gasteiger partial charge on any atom is -0.507 e. The number of cyclic esters (lactones) is 1. The lowest BCUT2D eigenvalue weighted by atomic mass is 9.93. The van der Waals surface area contributed by atoms with E-state index in [-0.39, 0.29) is 11.3 Å². The molecule has 1 aliphatic rings. The van der Waals surface area contributed by atoms with Crippen molar-refractivity contribution in [3.05, 3.63) is 71.5 Å². The monoisotopic (exact) mass is 382 g/mol. The Hall–Kier alpha value is -3.28. The summed E-state index contributed by atoms with van der Waals surface area (Å²) in [6.07, 6.45) is 0.951. The molecule has 6 heteroatoms. The predicted octanol–water partition coefficient (Wildman–Crippen LogP) is 3.40. The van der Waals surface area contributed by atoms with E-state index in [1.165, 1.54) is 7.11 Å². The van der Waals surface area contributed by atoms with Crippen LogP contribution in [0.1, 0.15) is 18.9 Å². The summed E-state index contributed by atoms with van der Waals surface area (Å²) in [5.41, 5.74) is -0.542. The number of aliphatic hydroxyl groups excluding tert-OH is 1. The van der Waals surface area contributed by atoms with Crippen LogP contribution in [0.5, 0.6) is 11.5 Å². The van der Waals surface area contributed by atoms with E-state index in [1.807, 2.05) is 30.3 Å². The van der Waals surface area contributed by atoms with Gasteiger partial charge in [0.15, 0.2) is 29.5 Å². The molecule has 0 fully saturated rings. The summed E-state index contributed by atoms with van der Waals surface area (Å²) in [6, 6.07) is 16.5. The molecule has 0 saturated carbocycles. The van der Waals surface area contributed by atoms with Crippen LogP contribution in [0.2, 0.25) is 0 Å². The Morgan fingerprint density at radius 2 is 1.71 bits per heavy atom. The molecule has 1 N–H and O–H groups in total. The molecule has 0 aromatic heterocycles. The van der Waals surface area contributed by atoms with Gasteiger partial charge in [-0.25, -0.2) is 4.79 Å². The Balaban J connectivity index is 1.70. The number of aliphatic hydroxyl groups is 1. The van der Waals surface area contributed by atoms with Crippen molar-refractivity contribution in [3.63, 3.8) is 0 Å². The number of Topliss-reactive ketones (excluding diaryl/α,β-unsaturated/α-hetero) is 1. The highest BCUT2D eigenvalue weighted by Crippen LogP contribution is 2.35. The number of ether oxygens (including phenoxy) is 3. The van der Waals surface area contributed by atoms with Gasteiger partial charge in [0, 0.05) is 0 Å². The van der Waals surface area contributed by atoms with E-state index >= 15 is 0 Å². The van der Waals surface area contributed by atoms with Crippen molar-refractivity contribution in [2.75, 3.05) is 13.7 Å². The molecule has 1 aliphatic heterocycles. The molecule has 0 bridgehead atoms. The lowest BCUT2D eigenvalue weighted by Gasteiger charge is -2.23. The van der Waals surface area contributed by atoms with Crippen LogP contribution in [0.15, 0.2) is 65.9 Å². The molecule has 3 rings (SSSR count). The maximum absolute atomic E-state index is 12.5. The molecule has 146 valence electrons. The van der Waals surface area contributed by atoms with E-state index < -0.39 is 24.0 Å². The zero-order valence-electron chi connectivity index (χ0n) is 15.8. The van der Waals surface area contributed by atoms with Crippen LogP contribution >= 0.6 is 0 Å². The van der Waals surface area contributed by atoms with E-state index in [9.17, 15) is 14.7 Å². The van der Waals surface area contributed by atoms with Crippen molar-refractivity contribution in [3.8, 4) is 11.5 Å². The van der Waals surface area contributed by atoms with Crippen molar-refractivity contribution >= 4 is 11.8 Å². The number of hydrogen-bond acceptors (Lipinski definition) is 6. The zero-order valence-corrected chi connectivity index (χ0v) is 15.8. The van der Waals surface area contributed by atoms with Gasteiger partial charge < -0.3 is 19.3 Å². The molecular formula is C22H22O6. The molecule has 1 heterocycles. The Labute approximate surface area is 163 Å². The van der Waals surface area contributed by atoms with E-state index in [0.717, 1.165) is 5.56 Å². The maximum Gasteiger partial charge on any atom is 0.346 e. The number of methoxy groups -OCH3 is 1. The van der Waals surface area contributed by atoms with Crippen LogP contribution in [0, 0.1) is 0 Å². The van der Waals surface area contributed by atoms with Gasteiger partial charge in [-0.2, -0.15) is 0 Å². The fraction of sp³-hybridized carbons (Fsp3) is 0.273. The Kier molecular flexibility index (Phi) is 5.68. The summed E-state index contributed by atoms with van der Waals surface area (Å²) in [5, 5.41) is 10.6. The van der Waals surface area contributed by atoms with Crippen LogP contribution in [-0.2, 0) is 20.7 Å². The fourth-order valence-corrected chi connectivity index (χ4v) is 3.06. The summed E-state index contributed by atoms with van der Waals surface area (Å²) in [7, 11) is 1.49. The van der Waals surface area contributed by atoms with Crippen LogP contribution < -0.4 is 9.47 Å². The number of para-hydroxylation sites is 2. The number of esters is 1. The first kappa shape index (κ1) is 19.5. The van der Waals surface area contributed by atoms with Gasteiger partial charge in [0.2, 0.25) is 5.78 Å². The molecule has 6 nitrogen and oxygen atoms in total. The summed E-state index contributed by atoms with van der Waals surface area (Å²) >= 11 is 0. The third kappa shape index (κ3) is 4.01. The van der Waals surface area contributed by atoms with Crippen molar-refractivity contribution in [2.45, 2.75) is 25.4 Å². The molecule has 1 atom stereocenters. The Morgan fingerprint density at radius 3 is 2.39 bits per heavy atom. The first-order chi connectivity index (χ1) is 13.4. The SMILES string of the molecule is COc1ccccc1OCC(=O)C1=C(O)C(C)(CCc2ccccc2)OC1=O. The number of benzene rings is 2. The topological polar surface area (TPSA) is 82.1 Å². The summed E-state index contributed by atoms with van der Waals surface area (Å²) < 4.78 is 16.0. The minimum atomic E-state index is -1.23. The van der Waals surface area contributed by atoms with Gasteiger partial charge in [-0.05, 0) is 37.5 Å². The molecule has 0 amide bonds. The third-order valence-corrected chi connectivity index (χ3v) is 4.70.